The maximum Gasteiger partial charge on any atom is 0.414 e. The Labute approximate surface area is 135 Å². The molecule has 0 radical (unpaired) electrons. The summed E-state index contributed by atoms with van der Waals surface area (Å²) in [4.78, 5) is 18.2. The summed E-state index contributed by atoms with van der Waals surface area (Å²) in [6.45, 7) is 2.04. The Hall–Kier alpha value is -2.66. The molecule has 0 bridgehead atoms. The van der Waals surface area contributed by atoms with Crippen LogP contribution in [0.5, 0.6) is 0 Å². The van der Waals surface area contributed by atoms with Crippen molar-refractivity contribution in [2.75, 3.05) is 6.54 Å². The van der Waals surface area contributed by atoms with Crippen molar-refractivity contribution in [3.63, 3.8) is 0 Å². The van der Waals surface area contributed by atoms with Crippen LogP contribution in [-0.4, -0.2) is 28.7 Å². The van der Waals surface area contributed by atoms with E-state index in [1.54, 1.807) is 0 Å². The highest BCUT2D eigenvalue weighted by molar-refractivity contribution is 6.27. The molecule has 23 heavy (non-hydrogen) atoms. The summed E-state index contributed by atoms with van der Waals surface area (Å²) in [6.07, 6.45) is 2.35. The Bertz CT molecular complexity index is 531. The van der Waals surface area contributed by atoms with E-state index in [0.717, 1.165) is 19.5 Å². The predicted octanol–water partition coefficient (Wildman–Crippen LogP) is 2.56. The molecule has 0 aliphatic rings. The maximum absolute atomic E-state index is 9.10. The molecule has 5 nitrogen and oxygen atoms in total. The summed E-state index contributed by atoms with van der Waals surface area (Å²) < 4.78 is 0. The van der Waals surface area contributed by atoms with Gasteiger partial charge in [-0.1, -0.05) is 60.7 Å². The zero-order chi connectivity index (χ0) is 16.9. The monoisotopic (exact) mass is 315 g/mol. The molecule has 0 saturated carbocycles. The number of aryl methyl sites for hydroxylation is 1. The fourth-order valence-corrected chi connectivity index (χ4v) is 1.89. The summed E-state index contributed by atoms with van der Waals surface area (Å²) in [5.41, 5.74) is 2.78. The van der Waals surface area contributed by atoms with E-state index in [4.69, 9.17) is 19.8 Å². The van der Waals surface area contributed by atoms with E-state index in [2.05, 4.69) is 66.0 Å². The molecule has 5 heteroatoms. The van der Waals surface area contributed by atoms with Crippen LogP contribution in [0, 0.1) is 0 Å². The van der Waals surface area contributed by atoms with Crippen molar-refractivity contribution in [3.05, 3.63) is 71.8 Å². The van der Waals surface area contributed by atoms with Gasteiger partial charge in [0.2, 0.25) is 0 Å². The summed E-state index contributed by atoms with van der Waals surface area (Å²) in [7, 11) is 0. The van der Waals surface area contributed by atoms with Gasteiger partial charge in [-0.25, -0.2) is 9.59 Å². The van der Waals surface area contributed by atoms with Crippen molar-refractivity contribution in [2.24, 2.45) is 0 Å². The highest BCUT2D eigenvalue weighted by Crippen LogP contribution is 2.02. The minimum Gasteiger partial charge on any atom is -0.473 e. The second-order valence-electron chi connectivity index (χ2n) is 4.86. The van der Waals surface area contributed by atoms with Crippen LogP contribution in [0.2, 0.25) is 0 Å². The average molecular weight is 315 g/mol. The van der Waals surface area contributed by atoms with Gasteiger partial charge in [-0.05, 0) is 30.5 Å². The molecule has 0 amide bonds. The molecule has 122 valence electrons. The van der Waals surface area contributed by atoms with Crippen molar-refractivity contribution in [1.82, 2.24) is 5.32 Å². The predicted molar refractivity (Wildman–Crippen MR) is 88.2 cm³/mol. The number of hydrogen-bond donors (Lipinski definition) is 3. The zero-order valence-corrected chi connectivity index (χ0v) is 12.8. The minimum absolute atomic E-state index is 0.968. The van der Waals surface area contributed by atoms with Gasteiger partial charge >= 0.3 is 11.9 Å². The highest BCUT2D eigenvalue weighted by Gasteiger charge is 2.04. The van der Waals surface area contributed by atoms with E-state index in [9.17, 15) is 0 Å². The molecule has 0 saturated heterocycles. The lowest BCUT2D eigenvalue weighted by atomic mass is 10.1. The Kier molecular flexibility index (Phi) is 8.78. The third-order valence-corrected chi connectivity index (χ3v) is 3.02. The first-order chi connectivity index (χ1) is 11.1. The molecule has 2 aromatic rings. The lowest BCUT2D eigenvalue weighted by molar-refractivity contribution is -0.159. The second-order valence-corrected chi connectivity index (χ2v) is 4.86. The fourth-order valence-electron chi connectivity index (χ4n) is 1.89. The van der Waals surface area contributed by atoms with Gasteiger partial charge in [-0.15, -0.1) is 0 Å². The minimum atomic E-state index is -1.82. The van der Waals surface area contributed by atoms with Crippen LogP contribution < -0.4 is 5.32 Å². The Morgan fingerprint density at radius 2 is 1.26 bits per heavy atom. The van der Waals surface area contributed by atoms with Gasteiger partial charge in [0.1, 0.15) is 0 Å². The summed E-state index contributed by atoms with van der Waals surface area (Å²) in [6, 6.07) is 21.2. The summed E-state index contributed by atoms with van der Waals surface area (Å²) in [5, 5.41) is 18.3. The largest absolute Gasteiger partial charge is 0.473 e. The molecular weight excluding hydrogens is 294 g/mol. The zero-order valence-electron chi connectivity index (χ0n) is 12.8. The van der Waals surface area contributed by atoms with Crippen LogP contribution >= 0.6 is 0 Å². The number of rotatable bonds is 6. The standard InChI is InChI=1S/C16H19N.C2H2O4/c1-3-8-15(9-4-1)12-7-13-17-14-16-10-5-2-6-11-16;3-1(4)2(5)6/h1-6,8-11,17H,7,12-14H2;(H,3,4)(H,5,6). The van der Waals surface area contributed by atoms with E-state index < -0.39 is 11.9 Å². The topological polar surface area (TPSA) is 86.6 Å². The van der Waals surface area contributed by atoms with Crippen molar-refractivity contribution in [2.45, 2.75) is 19.4 Å². The molecule has 0 heterocycles. The van der Waals surface area contributed by atoms with Crippen LogP contribution in [0.15, 0.2) is 60.7 Å². The molecular formula is C18H21NO4. The average Bonchev–Trinajstić information content (AvgIpc) is 2.57. The first-order valence-corrected chi connectivity index (χ1v) is 7.34. The third-order valence-electron chi connectivity index (χ3n) is 3.02. The maximum atomic E-state index is 9.10. The first kappa shape index (κ1) is 18.4. The van der Waals surface area contributed by atoms with Gasteiger partial charge in [0.25, 0.3) is 0 Å². The van der Waals surface area contributed by atoms with Crippen LogP contribution in [-0.2, 0) is 22.6 Å². The highest BCUT2D eigenvalue weighted by atomic mass is 16.4. The number of carbonyl (C=O) groups is 2. The van der Waals surface area contributed by atoms with Crippen molar-refractivity contribution in [3.8, 4) is 0 Å². The fraction of sp³-hybridized carbons (Fsp3) is 0.222. The van der Waals surface area contributed by atoms with Crippen LogP contribution in [0.25, 0.3) is 0 Å². The number of benzene rings is 2. The second kappa shape index (κ2) is 11.0. The third kappa shape index (κ3) is 9.06. The lowest BCUT2D eigenvalue weighted by Gasteiger charge is -2.05. The number of aliphatic carboxylic acids is 2. The van der Waals surface area contributed by atoms with Crippen molar-refractivity contribution < 1.29 is 19.8 Å². The van der Waals surface area contributed by atoms with Gasteiger partial charge in [-0.3, -0.25) is 0 Å². The molecule has 0 aromatic heterocycles. The molecule has 0 aliphatic carbocycles. The molecule has 2 aromatic carbocycles. The van der Waals surface area contributed by atoms with Gasteiger partial charge in [0.05, 0.1) is 0 Å². The lowest BCUT2D eigenvalue weighted by Crippen LogP contribution is -2.15. The Morgan fingerprint density at radius 3 is 1.74 bits per heavy atom. The van der Waals surface area contributed by atoms with E-state index in [-0.39, 0.29) is 0 Å². The van der Waals surface area contributed by atoms with E-state index in [1.165, 1.54) is 17.5 Å². The number of carboxylic acids is 2. The van der Waals surface area contributed by atoms with Crippen LogP contribution in [0.4, 0.5) is 0 Å². The quantitative estimate of drug-likeness (QED) is 0.563. The number of carboxylic acid groups (broad SMARTS) is 2. The molecule has 0 atom stereocenters. The van der Waals surface area contributed by atoms with E-state index in [1.807, 2.05) is 0 Å². The van der Waals surface area contributed by atoms with Crippen LogP contribution in [0.1, 0.15) is 17.5 Å². The van der Waals surface area contributed by atoms with E-state index in [0.29, 0.717) is 0 Å². The van der Waals surface area contributed by atoms with E-state index >= 15 is 0 Å². The molecule has 0 spiro atoms. The normalized spacial score (nSPS) is 9.57. The smallest absolute Gasteiger partial charge is 0.414 e. The summed E-state index contributed by atoms with van der Waals surface area (Å²) in [5.74, 6) is -3.65. The molecule has 0 unspecified atom stereocenters. The Morgan fingerprint density at radius 1 is 0.783 bits per heavy atom. The molecule has 0 aliphatic heterocycles. The number of hydrogen-bond acceptors (Lipinski definition) is 3. The summed E-state index contributed by atoms with van der Waals surface area (Å²) >= 11 is 0. The Balaban J connectivity index is 0.000000379. The molecule has 3 N–H and O–H groups in total. The van der Waals surface area contributed by atoms with Gasteiger partial charge < -0.3 is 15.5 Å². The van der Waals surface area contributed by atoms with Gasteiger partial charge in [0.15, 0.2) is 0 Å². The van der Waals surface area contributed by atoms with Gasteiger partial charge in [-0.2, -0.15) is 0 Å². The number of nitrogens with one attached hydrogen (secondary N) is 1. The first-order valence-electron chi connectivity index (χ1n) is 7.34. The molecule has 2 rings (SSSR count). The van der Waals surface area contributed by atoms with Crippen LogP contribution in [0.3, 0.4) is 0 Å². The SMILES string of the molecule is O=C(O)C(=O)O.c1ccc(CCCNCc2ccccc2)cc1. The van der Waals surface area contributed by atoms with Crippen molar-refractivity contribution >= 4 is 11.9 Å². The van der Waals surface area contributed by atoms with Gasteiger partial charge in [0, 0.05) is 6.54 Å². The molecule has 0 fully saturated rings. The van der Waals surface area contributed by atoms with Crippen molar-refractivity contribution in [1.29, 1.82) is 0 Å².